The molecule has 0 unspecified atom stereocenters. The Morgan fingerprint density at radius 1 is 1.05 bits per heavy atom. The summed E-state index contributed by atoms with van der Waals surface area (Å²) in [5.74, 6) is 0.787. The van der Waals surface area contributed by atoms with Crippen LogP contribution in [0.25, 0.3) is 10.1 Å². The molecule has 1 aliphatic heterocycles. The summed E-state index contributed by atoms with van der Waals surface area (Å²) in [5, 5.41) is 2.94. The van der Waals surface area contributed by atoms with Gasteiger partial charge in [0.1, 0.15) is 0 Å². The number of benzene rings is 1. The van der Waals surface area contributed by atoms with Gasteiger partial charge in [-0.05, 0) is 41.8 Å². The van der Waals surface area contributed by atoms with Gasteiger partial charge in [-0.25, -0.2) is 0 Å². The van der Waals surface area contributed by atoms with E-state index in [2.05, 4.69) is 29.2 Å². The summed E-state index contributed by atoms with van der Waals surface area (Å²) in [6.07, 6.45) is 6.99. The van der Waals surface area contributed by atoms with Gasteiger partial charge < -0.3 is 9.64 Å². The molecule has 112 valence electrons. The number of ether oxygens (including phenoxy) is 1. The second kappa shape index (κ2) is 5.98. The van der Waals surface area contributed by atoms with Crippen molar-refractivity contribution >= 4 is 26.4 Å². The summed E-state index contributed by atoms with van der Waals surface area (Å²) in [6, 6.07) is 9.35. The highest BCUT2D eigenvalue weighted by molar-refractivity contribution is 7.22. The lowest BCUT2D eigenvalue weighted by molar-refractivity contribution is 0.123. The maximum Gasteiger partial charge on any atom is 0.0922 e. The van der Waals surface area contributed by atoms with E-state index in [9.17, 15) is 0 Å². The van der Waals surface area contributed by atoms with Gasteiger partial charge >= 0.3 is 0 Å². The fourth-order valence-electron chi connectivity index (χ4n) is 3.78. The molecule has 0 amide bonds. The van der Waals surface area contributed by atoms with Gasteiger partial charge in [-0.15, -0.1) is 11.3 Å². The maximum atomic E-state index is 5.48. The number of fused-ring (bicyclic) bond motifs is 1. The molecule has 21 heavy (non-hydrogen) atoms. The van der Waals surface area contributed by atoms with Gasteiger partial charge in [0, 0.05) is 17.8 Å². The predicted octanol–water partition coefficient (Wildman–Crippen LogP) is 4.79. The van der Waals surface area contributed by atoms with E-state index in [0.717, 1.165) is 32.2 Å². The standard InChI is InChI=1S/C18H23NOS/c1-2-5-14(6-3-1)15-7-4-8-17-16(15)13-18(21-17)19-9-11-20-12-10-19/h4,7-8,13-14H,1-3,5-6,9-12H2. The molecule has 2 fully saturated rings. The first kappa shape index (κ1) is 13.6. The summed E-state index contributed by atoms with van der Waals surface area (Å²) >= 11 is 1.95. The minimum absolute atomic E-state index is 0.787. The van der Waals surface area contributed by atoms with E-state index < -0.39 is 0 Å². The molecule has 0 atom stereocenters. The Morgan fingerprint density at radius 3 is 2.67 bits per heavy atom. The van der Waals surface area contributed by atoms with Gasteiger partial charge in [0.05, 0.1) is 18.2 Å². The molecular formula is C18H23NOS. The second-order valence-electron chi connectivity index (χ2n) is 6.28. The van der Waals surface area contributed by atoms with Crippen LogP contribution in [0.5, 0.6) is 0 Å². The number of hydrogen-bond acceptors (Lipinski definition) is 3. The fourth-order valence-corrected chi connectivity index (χ4v) is 4.93. The minimum Gasteiger partial charge on any atom is -0.378 e. The van der Waals surface area contributed by atoms with Crippen LogP contribution in [0.1, 0.15) is 43.6 Å². The SMILES string of the molecule is c1cc(C2CCCCC2)c2cc(N3CCOCC3)sc2c1. The second-order valence-corrected chi connectivity index (χ2v) is 7.34. The van der Waals surface area contributed by atoms with Crippen molar-refractivity contribution in [1.82, 2.24) is 0 Å². The molecule has 0 spiro atoms. The zero-order valence-corrected chi connectivity index (χ0v) is 13.3. The fraction of sp³-hybridized carbons (Fsp3) is 0.556. The van der Waals surface area contributed by atoms with Crippen molar-refractivity contribution in [3.05, 3.63) is 29.8 Å². The van der Waals surface area contributed by atoms with Gasteiger partial charge in [0.25, 0.3) is 0 Å². The lowest BCUT2D eigenvalue weighted by Gasteiger charge is -2.27. The Balaban J connectivity index is 1.69. The molecule has 1 saturated heterocycles. The first-order chi connectivity index (χ1) is 10.4. The monoisotopic (exact) mass is 301 g/mol. The molecule has 1 saturated carbocycles. The largest absolute Gasteiger partial charge is 0.378 e. The van der Waals surface area contributed by atoms with Crippen LogP contribution in [-0.2, 0) is 4.74 Å². The van der Waals surface area contributed by atoms with Crippen LogP contribution >= 0.6 is 11.3 Å². The molecular weight excluding hydrogens is 278 g/mol. The predicted molar refractivity (Wildman–Crippen MR) is 90.7 cm³/mol. The van der Waals surface area contributed by atoms with E-state index in [1.165, 1.54) is 47.2 Å². The van der Waals surface area contributed by atoms with Crippen molar-refractivity contribution in [2.75, 3.05) is 31.2 Å². The van der Waals surface area contributed by atoms with Gasteiger partial charge in [-0.1, -0.05) is 31.4 Å². The number of thiophene rings is 1. The number of hydrogen-bond donors (Lipinski definition) is 0. The summed E-state index contributed by atoms with van der Waals surface area (Å²) in [7, 11) is 0. The van der Waals surface area contributed by atoms with Crippen LogP contribution < -0.4 is 4.90 Å². The minimum atomic E-state index is 0.787. The van der Waals surface area contributed by atoms with Crippen molar-refractivity contribution < 1.29 is 4.74 Å². The Hall–Kier alpha value is -1.06. The van der Waals surface area contributed by atoms with Gasteiger partial charge in [-0.3, -0.25) is 0 Å². The normalized spacial score (nSPS) is 21.0. The lowest BCUT2D eigenvalue weighted by Crippen LogP contribution is -2.35. The highest BCUT2D eigenvalue weighted by atomic mass is 32.1. The molecule has 2 heterocycles. The highest BCUT2D eigenvalue weighted by Gasteiger charge is 2.20. The van der Waals surface area contributed by atoms with E-state index in [4.69, 9.17) is 4.74 Å². The number of morpholine rings is 1. The van der Waals surface area contributed by atoms with Crippen molar-refractivity contribution in [1.29, 1.82) is 0 Å². The van der Waals surface area contributed by atoms with E-state index in [1.54, 1.807) is 5.56 Å². The molecule has 1 aliphatic carbocycles. The first-order valence-corrected chi connectivity index (χ1v) is 9.08. The quantitative estimate of drug-likeness (QED) is 0.791. The third kappa shape index (κ3) is 2.69. The van der Waals surface area contributed by atoms with E-state index >= 15 is 0 Å². The van der Waals surface area contributed by atoms with Gasteiger partial charge in [0.15, 0.2) is 0 Å². The molecule has 0 N–H and O–H groups in total. The lowest BCUT2D eigenvalue weighted by atomic mass is 9.83. The van der Waals surface area contributed by atoms with Gasteiger partial charge in [0.2, 0.25) is 0 Å². The van der Waals surface area contributed by atoms with E-state index in [1.807, 2.05) is 11.3 Å². The zero-order chi connectivity index (χ0) is 14.1. The van der Waals surface area contributed by atoms with Crippen LogP contribution in [0.4, 0.5) is 5.00 Å². The Labute approximate surface area is 130 Å². The number of anilines is 1. The topological polar surface area (TPSA) is 12.5 Å². The molecule has 1 aromatic heterocycles. The highest BCUT2D eigenvalue weighted by Crippen LogP contribution is 2.41. The molecule has 0 bridgehead atoms. The Kier molecular flexibility index (Phi) is 3.87. The van der Waals surface area contributed by atoms with Crippen LogP contribution in [0.3, 0.4) is 0 Å². The van der Waals surface area contributed by atoms with Crippen LogP contribution in [0.15, 0.2) is 24.3 Å². The van der Waals surface area contributed by atoms with Crippen LogP contribution in [0, 0.1) is 0 Å². The Morgan fingerprint density at radius 2 is 1.86 bits per heavy atom. The molecule has 2 nitrogen and oxygen atoms in total. The number of rotatable bonds is 2. The smallest absolute Gasteiger partial charge is 0.0922 e. The summed E-state index contributed by atoms with van der Waals surface area (Å²) in [5.41, 5.74) is 1.60. The Bertz CT molecular complexity index is 609. The zero-order valence-electron chi connectivity index (χ0n) is 12.5. The van der Waals surface area contributed by atoms with Crippen molar-refractivity contribution in [3.8, 4) is 0 Å². The summed E-state index contributed by atoms with van der Waals surface area (Å²) in [6.45, 7) is 3.80. The average molecular weight is 301 g/mol. The first-order valence-electron chi connectivity index (χ1n) is 8.27. The summed E-state index contributed by atoms with van der Waals surface area (Å²) in [4.78, 5) is 2.48. The molecule has 4 rings (SSSR count). The molecule has 2 aliphatic rings. The van der Waals surface area contributed by atoms with Crippen molar-refractivity contribution in [3.63, 3.8) is 0 Å². The average Bonchev–Trinajstić information content (AvgIpc) is 3.00. The molecule has 3 heteroatoms. The van der Waals surface area contributed by atoms with Crippen molar-refractivity contribution in [2.24, 2.45) is 0 Å². The third-order valence-electron chi connectivity index (χ3n) is 4.95. The van der Waals surface area contributed by atoms with Crippen molar-refractivity contribution in [2.45, 2.75) is 38.0 Å². The number of nitrogens with zero attached hydrogens (tertiary/aromatic N) is 1. The van der Waals surface area contributed by atoms with Gasteiger partial charge in [-0.2, -0.15) is 0 Å². The van der Waals surface area contributed by atoms with E-state index in [0.29, 0.717) is 0 Å². The van der Waals surface area contributed by atoms with Crippen LogP contribution in [0.2, 0.25) is 0 Å². The summed E-state index contributed by atoms with van der Waals surface area (Å²) < 4.78 is 6.94. The van der Waals surface area contributed by atoms with Crippen LogP contribution in [-0.4, -0.2) is 26.3 Å². The molecule has 2 aromatic rings. The molecule has 0 radical (unpaired) electrons. The maximum absolute atomic E-state index is 5.48. The van der Waals surface area contributed by atoms with E-state index in [-0.39, 0.29) is 0 Å². The third-order valence-corrected chi connectivity index (χ3v) is 6.11. The molecule has 1 aromatic carbocycles.